The molecule has 1 fully saturated rings. The SMILES string of the molecule is CCNCC(CC)(CC)CN1CCC(N(C)C)C1. The van der Waals surface area contributed by atoms with Gasteiger partial charge in [-0.2, -0.15) is 0 Å². The van der Waals surface area contributed by atoms with Gasteiger partial charge >= 0.3 is 0 Å². The van der Waals surface area contributed by atoms with E-state index >= 15 is 0 Å². The summed E-state index contributed by atoms with van der Waals surface area (Å²) in [6.07, 6.45) is 3.89. The van der Waals surface area contributed by atoms with E-state index in [-0.39, 0.29) is 0 Å². The van der Waals surface area contributed by atoms with E-state index in [0.29, 0.717) is 5.41 Å². The van der Waals surface area contributed by atoms with Crippen LogP contribution in [0.25, 0.3) is 0 Å². The Morgan fingerprint density at radius 1 is 1.22 bits per heavy atom. The lowest BCUT2D eigenvalue weighted by atomic mass is 9.81. The zero-order chi connectivity index (χ0) is 13.6. The normalized spacial score (nSPS) is 22.0. The van der Waals surface area contributed by atoms with Crippen LogP contribution in [0, 0.1) is 5.41 Å². The van der Waals surface area contributed by atoms with Crippen LogP contribution in [0.1, 0.15) is 40.0 Å². The Morgan fingerprint density at radius 2 is 1.89 bits per heavy atom. The van der Waals surface area contributed by atoms with Gasteiger partial charge in [0.05, 0.1) is 0 Å². The van der Waals surface area contributed by atoms with Crippen LogP contribution in [0.4, 0.5) is 0 Å². The highest BCUT2D eigenvalue weighted by Gasteiger charge is 2.32. The summed E-state index contributed by atoms with van der Waals surface area (Å²) in [4.78, 5) is 5.05. The molecule has 1 N–H and O–H groups in total. The Hall–Kier alpha value is -0.120. The lowest BCUT2D eigenvalue weighted by molar-refractivity contribution is 0.148. The van der Waals surface area contributed by atoms with E-state index in [4.69, 9.17) is 0 Å². The maximum atomic E-state index is 3.56. The molecule has 0 aromatic heterocycles. The zero-order valence-electron chi connectivity index (χ0n) is 13.1. The highest BCUT2D eigenvalue weighted by molar-refractivity contribution is 4.88. The van der Waals surface area contributed by atoms with Gasteiger partial charge in [-0.05, 0) is 51.9 Å². The number of hydrogen-bond acceptors (Lipinski definition) is 3. The topological polar surface area (TPSA) is 18.5 Å². The van der Waals surface area contributed by atoms with Crippen LogP contribution in [0.5, 0.6) is 0 Å². The van der Waals surface area contributed by atoms with Crippen LogP contribution in [-0.4, -0.2) is 62.7 Å². The Balaban J connectivity index is 2.51. The molecule has 0 aliphatic carbocycles. The monoisotopic (exact) mass is 255 g/mol. The average Bonchev–Trinajstić information content (AvgIpc) is 2.83. The second-order valence-corrected chi connectivity index (χ2v) is 6.13. The van der Waals surface area contributed by atoms with Crippen molar-refractivity contribution < 1.29 is 0 Å². The van der Waals surface area contributed by atoms with Gasteiger partial charge in [-0.3, -0.25) is 0 Å². The van der Waals surface area contributed by atoms with Gasteiger partial charge in [0.2, 0.25) is 0 Å². The zero-order valence-corrected chi connectivity index (χ0v) is 13.1. The fourth-order valence-corrected chi connectivity index (χ4v) is 3.02. The van der Waals surface area contributed by atoms with Crippen LogP contribution in [0.2, 0.25) is 0 Å². The minimum atomic E-state index is 0.469. The predicted molar refractivity (Wildman–Crippen MR) is 80.1 cm³/mol. The Morgan fingerprint density at radius 3 is 2.33 bits per heavy atom. The fourth-order valence-electron chi connectivity index (χ4n) is 3.02. The molecule has 3 heteroatoms. The summed E-state index contributed by atoms with van der Waals surface area (Å²) in [5, 5.41) is 3.56. The molecule has 0 bridgehead atoms. The predicted octanol–water partition coefficient (Wildman–Crippen LogP) is 2.04. The van der Waals surface area contributed by atoms with Crippen molar-refractivity contribution in [2.45, 2.75) is 46.1 Å². The molecule has 1 atom stereocenters. The fraction of sp³-hybridized carbons (Fsp3) is 1.00. The van der Waals surface area contributed by atoms with Gasteiger partial charge in [-0.1, -0.05) is 20.8 Å². The van der Waals surface area contributed by atoms with E-state index in [9.17, 15) is 0 Å². The van der Waals surface area contributed by atoms with Crippen molar-refractivity contribution in [3.05, 3.63) is 0 Å². The first-order valence-corrected chi connectivity index (χ1v) is 7.66. The lowest BCUT2D eigenvalue weighted by Crippen LogP contribution is -2.43. The number of likely N-dealkylation sites (N-methyl/N-ethyl adjacent to an activating group) is 1. The number of likely N-dealkylation sites (tertiary alicyclic amines) is 1. The van der Waals surface area contributed by atoms with E-state index in [1.165, 1.54) is 45.4 Å². The number of hydrogen-bond donors (Lipinski definition) is 1. The first-order valence-electron chi connectivity index (χ1n) is 7.66. The largest absolute Gasteiger partial charge is 0.316 e. The van der Waals surface area contributed by atoms with E-state index in [2.05, 4.69) is 50.0 Å². The Kier molecular flexibility index (Phi) is 6.61. The highest BCUT2D eigenvalue weighted by Crippen LogP contribution is 2.29. The number of rotatable bonds is 8. The van der Waals surface area contributed by atoms with E-state index in [0.717, 1.165) is 12.6 Å². The van der Waals surface area contributed by atoms with E-state index in [1.54, 1.807) is 0 Å². The molecular formula is C15H33N3. The van der Waals surface area contributed by atoms with Crippen molar-refractivity contribution in [1.82, 2.24) is 15.1 Å². The molecule has 3 nitrogen and oxygen atoms in total. The van der Waals surface area contributed by atoms with E-state index in [1.807, 2.05) is 0 Å². The molecule has 1 aliphatic rings. The maximum Gasteiger partial charge on any atom is 0.0229 e. The molecule has 0 radical (unpaired) electrons. The Bertz CT molecular complexity index is 224. The molecule has 1 unspecified atom stereocenters. The van der Waals surface area contributed by atoms with Crippen molar-refractivity contribution in [2.75, 3.05) is 46.8 Å². The summed E-state index contributed by atoms with van der Waals surface area (Å²) in [7, 11) is 4.42. The van der Waals surface area contributed by atoms with Gasteiger partial charge in [0, 0.05) is 25.7 Å². The minimum absolute atomic E-state index is 0.469. The molecule has 1 aliphatic heterocycles. The van der Waals surface area contributed by atoms with Gasteiger partial charge in [0.25, 0.3) is 0 Å². The molecular weight excluding hydrogens is 222 g/mol. The molecule has 1 heterocycles. The van der Waals surface area contributed by atoms with Gasteiger partial charge in [-0.15, -0.1) is 0 Å². The summed E-state index contributed by atoms with van der Waals surface area (Å²) in [6, 6.07) is 0.760. The van der Waals surface area contributed by atoms with Crippen molar-refractivity contribution in [2.24, 2.45) is 5.41 Å². The summed E-state index contributed by atoms with van der Waals surface area (Å²) >= 11 is 0. The third-order valence-electron chi connectivity index (χ3n) is 4.79. The average molecular weight is 255 g/mol. The molecule has 18 heavy (non-hydrogen) atoms. The number of nitrogens with one attached hydrogen (secondary N) is 1. The molecule has 1 saturated heterocycles. The highest BCUT2D eigenvalue weighted by atomic mass is 15.2. The van der Waals surface area contributed by atoms with Gasteiger partial charge < -0.3 is 15.1 Å². The van der Waals surface area contributed by atoms with Crippen molar-refractivity contribution in [1.29, 1.82) is 0 Å². The Labute approximate surface area is 114 Å². The molecule has 0 spiro atoms. The summed E-state index contributed by atoms with van der Waals surface area (Å²) in [5.74, 6) is 0. The molecule has 0 saturated carbocycles. The first-order chi connectivity index (χ1) is 8.56. The number of nitrogens with zero attached hydrogens (tertiary/aromatic N) is 2. The van der Waals surface area contributed by atoms with Gasteiger partial charge in [-0.25, -0.2) is 0 Å². The van der Waals surface area contributed by atoms with Gasteiger partial charge in [0.1, 0.15) is 0 Å². The van der Waals surface area contributed by atoms with Crippen LogP contribution < -0.4 is 5.32 Å². The summed E-state index contributed by atoms with van der Waals surface area (Å²) in [6.45, 7) is 12.9. The van der Waals surface area contributed by atoms with Crippen LogP contribution in [0.3, 0.4) is 0 Å². The first kappa shape index (κ1) is 15.9. The summed E-state index contributed by atoms with van der Waals surface area (Å²) in [5.41, 5.74) is 0.469. The second-order valence-electron chi connectivity index (χ2n) is 6.13. The van der Waals surface area contributed by atoms with Crippen molar-refractivity contribution >= 4 is 0 Å². The van der Waals surface area contributed by atoms with Crippen LogP contribution in [0.15, 0.2) is 0 Å². The third-order valence-corrected chi connectivity index (χ3v) is 4.79. The third kappa shape index (κ3) is 4.22. The lowest BCUT2D eigenvalue weighted by Gasteiger charge is -2.36. The van der Waals surface area contributed by atoms with Crippen molar-refractivity contribution in [3.63, 3.8) is 0 Å². The quantitative estimate of drug-likeness (QED) is 0.716. The second kappa shape index (κ2) is 7.46. The standard InChI is InChI=1S/C15H33N3/c1-6-15(7-2,12-16-8-3)13-18-10-9-14(11-18)17(4)5/h14,16H,6-13H2,1-5H3. The molecule has 1 rings (SSSR count). The maximum absolute atomic E-state index is 3.56. The van der Waals surface area contributed by atoms with Crippen LogP contribution >= 0.6 is 0 Å². The molecule has 0 aromatic rings. The van der Waals surface area contributed by atoms with Crippen LogP contribution in [-0.2, 0) is 0 Å². The van der Waals surface area contributed by atoms with Crippen molar-refractivity contribution in [3.8, 4) is 0 Å². The smallest absolute Gasteiger partial charge is 0.0229 e. The molecule has 0 aromatic carbocycles. The minimum Gasteiger partial charge on any atom is -0.316 e. The summed E-state index contributed by atoms with van der Waals surface area (Å²) < 4.78 is 0. The molecule has 108 valence electrons. The molecule has 0 amide bonds. The van der Waals surface area contributed by atoms with E-state index < -0.39 is 0 Å². The van der Waals surface area contributed by atoms with Gasteiger partial charge in [0.15, 0.2) is 0 Å².